The van der Waals surface area contributed by atoms with Crippen LogP contribution in [0.2, 0.25) is 0 Å². The van der Waals surface area contributed by atoms with Crippen molar-refractivity contribution in [1.29, 1.82) is 0 Å². The zero-order valence-electron chi connectivity index (χ0n) is 21.2. The van der Waals surface area contributed by atoms with E-state index in [0.717, 1.165) is 36.7 Å². The molecule has 0 radical (unpaired) electrons. The number of nitrogens with zero attached hydrogens (tertiary/aromatic N) is 4. The fourth-order valence-electron chi connectivity index (χ4n) is 4.41. The monoisotopic (exact) mass is 495 g/mol. The molecular weight excluding hydrogens is 462 g/mol. The Bertz CT molecular complexity index is 1170. The Morgan fingerprint density at radius 2 is 1.75 bits per heavy atom. The molecule has 0 aliphatic carbocycles. The van der Waals surface area contributed by atoms with Crippen LogP contribution >= 0.6 is 0 Å². The standard InChI is InChI=1S/C26H33N5O5/c1-18(27-23(32)17-36-20-8-6-5-7-9-20)26-29-28-22-12-13-30(14-15-31(22)26)16-19-10-11-21(33-2)25(35-4)24(19)34-3/h5-11,18H,12-17H2,1-4H3,(H,27,32). The average Bonchev–Trinajstić information content (AvgIpc) is 3.21. The van der Waals surface area contributed by atoms with E-state index in [1.807, 2.05) is 49.4 Å². The van der Waals surface area contributed by atoms with Gasteiger partial charge in [0.25, 0.3) is 5.91 Å². The third kappa shape index (κ3) is 5.71. The van der Waals surface area contributed by atoms with Gasteiger partial charge in [-0.25, -0.2) is 0 Å². The van der Waals surface area contributed by atoms with Gasteiger partial charge in [-0.05, 0) is 25.1 Å². The number of benzene rings is 2. The maximum absolute atomic E-state index is 12.4. The molecule has 0 bridgehead atoms. The first kappa shape index (κ1) is 25.3. The van der Waals surface area contributed by atoms with Crippen molar-refractivity contribution in [3.63, 3.8) is 0 Å². The normalized spacial score (nSPS) is 14.3. The Labute approximate surface area is 211 Å². The smallest absolute Gasteiger partial charge is 0.258 e. The lowest BCUT2D eigenvalue weighted by Gasteiger charge is -2.23. The number of carbonyl (C=O) groups is 1. The molecule has 0 spiro atoms. The summed E-state index contributed by atoms with van der Waals surface area (Å²) in [4.78, 5) is 14.8. The van der Waals surface area contributed by atoms with Crippen LogP contribution in [0.3, 0.4) is 0 Å². The number of amides is 1. The molecule has 10 heteroatoms. The summed E-state index contributed by atoms with van der Waals surface area (Å²) < 4.78 is 24.2. The van der Waals surface area contributed by atoms with Crippen molar-refractivity contribution >= 4 is 5.91 Å². The fourth-order valence-corrected chi connectivity index (χ4v) is 4.41. The summed E-state index contributed by atoms with van der Waals surface area (Å²) in [6, 6.07) is 12.9. The van der Waals surface area contributed by atoms with Crippen LogP contribution in [0.25, 0.3) is 0 Å². The van der Waals surface area contributed by atoms with Gasteiger partial charge >= 0.3 is 0 Å². The van der Waals surface area contributed by atoms with Crippen molar-refractivity contribution in [3.05, 3.63) is 59.7 Å². The van der Waals surface area contributed by atoms with E-state index in [2.05, 4.69) is 25.0 Å². The molecule has 192 valence electrons. The summed E-state index contributed by atoms with van der Waals surface area (Å²) in [6.45, 7) is 4.88. The highest BCUT2D eigenvalue weighted by atomic mass is 16.5. The van der Waals surface area contributed by atoms with Gasteiger partial charge in [0.15, 0.2) is 23.9 Å². The molecular formula is C26H33N5O5. The van der Waals surface area contributed by atoms with Gasteiger partial charge in [-0.1, -0.05) is 24.3 Å². The second-order valence-corrected chi connectivity index (χ2v) is 8.54. The molecule has 0 fully saturated rings. The highest BCUT2D eigenvalue weighted by Crippen LogP contribution is 2.40. The van der Waals surface area contributed by atoms with Crippen molar-refractivity contribution in [2.45, 2.75) is 32.5 Å². The minimum Gasteiger partial charge on any atom is -0.493 e. The lowest BCUT2D eigenvalue weighted by atomic mass is 10.1. The van der Waals surface area contributed by atoms with E-state index in [0.29, 0.717) is 36.1 Å². The van der Waals surface area contributed by atoms with Crippen LogP contribution in [0.15, 0.2) is 42.5 Å². The summed E-state index contributed by atoms with van der Waals surface area (Å²) in [5.41, 5.74) is 1.02. The zero-order valence-corrected chi connectivity index (χ0v) is 21.2. The SMILES string of the molecule is COc1ccc(CN2CCc3nnc(C(C)NC(=O)COc4ccccc4)n3CC2)c(OC)c1OC. The van der Waals surface area contributed by atoms with E-state index in [9.17, 15) is 4.79 Å². The van der Waals surface area contributed by atoms with Crippen LogP contribution in [0, 0.1) is 0 Å². The summed E-state index contributed by atoms with van der Waals surface area (Å²) in [5.74, 6) is 4.00. The molecule has 3 aromatic rings. The first-order valence-corrected chi connectivity index (χ1v) is 11.9. The number of fused-ring (bicyclic) bond motifs is 1. The number of rotatable bonds is 10. The van der Waals surface area contributed by atoms with Crippen molar-refractivity contribution in [2.75, 3.05) is 41.0 Å². The summed E-state index contributed by atoms with van der Waals surface area (Å²) >= 11 is 0. The number of ether oxygens (including phenoxy) is 4. The van der Waals surface area contributed by atoms with Gasteiger partial charge in [0, 0.05) is 38.2 Å². The third-order valence-corrected chi connectivity index (χ3v) is 6.21. The Morgan fingerprint density at radius 1 is 0.972 bits per heavy atom. The number of hydrogen-bond donors (Lipinski definition) is 1. The predicted octanol–water partition coefficient (Wildman–Crippen LogP) is 2.62. The molecule has 0 saturated heterocycles. The molecule has 36 heavy (non-hydrogen) atoms. The van der Waals surface area contributed by atoms with Gasteiger partial charge in [-0.15, -0.1) is 10.2 Å². The highest BCUT2D eigenvalue weighted by molar-refractivity contribution is 5.77. The Morgan fingerprint density at radius 3 is 2.47 bits per heavy atom. The topological polar surface area (TPSA) is 100.0 Å². The Hall–Kier alpha value is -3.79. The molecule has 10 nitrogen and oxygen atoms in total. The Kier molecular flexibility index (Phi) is 8.27. The molecule has 1 atom stereocenters. The van der Waals surface area contributed by atoms with E-state index >= 15 is 0 Å². The maximum atomic E-state index is 12.4. The van der Waals surface area contributed by atoms with Gasteiger partial charge in [0.2, 0.25) is 5.75 Å². The zero-order chi connectivity index (χ0) is 25.5. The van der Waals surface area contributed by atoms with Crippen molar-refractivity contribution in [2.24, 2.45) is 0 Å². The van der Waals surface area contributed by atoms with E-state index in [4.69, 9.17) is 18.9 Å². The second-order valence-electron chi connectivity index (χ2n) is 8.54. The molecule has 0 saturated carbocycles. The van der Waals surface area contributed by atoms with Gasteiger partial charge in [-0.2, -0.15) is 0 Å². The van der Waals surface area contributed by atoms with E-state index in [-0.39, 0.29) is 18.6 Å². The number of para-hydroxylation sites is 1. The van der Waals surface area contributed by atoms with Gasteiger partial charge < -0.3 is 28.8 Å². The molecule has 1 aromatic heterocycles. The number of aromatic nitrogens is 3. The van der Waals surface area contributed by atoms with Crippen LogP contribution in [-0.2, 0) is 24.3 Å². The number of methoxy groups -OCH3 is 3. The first-order chi connectivity index (χ1) is 17.5. The van der Waals surface area contributed by atoms with Gasteiger partial charge in [0.05, 0.1) is 27.4 Å². The highest BCUT2D eigenvalue weighted by Gasteiger charge is 2.24. The molecule has 4 rings (SSSR count). The van der Waals surface area contributed by atoms with Gasteiger partial charge in [-0.3, -0.25) is 9.69 Å². The van der Waals surface area contributed by atoms with E-state index in [1.54, 1.807) is 21.3 Å². The molecule has 2 heterocycles. The molecule has 1 unspecified atom stereocenters. The molecule has 1 aliphatic heterocycles. The van der Waals surface area contributed by atoms with Crippen LogP contribution in [0.4, 0.5) is 0 Å². The van der Waals surface area contributed by atoms with Crippen molar-refractivity contribution in [3.8, 4) is 23.0 Å². The molecule has 1 aliphatic rings. The lowest BCUT2D eigenvalue weighted by molar-refractivity contribution is -0.123. The minimum atomic E-state index is -0.296. The van der Waals surface area contributed by atoms with Crippen LogP contribution in [0.5, 0.6) is 23.0 Å². The molecule has 1 amide bonds. The summed E-state index contributed by atoms with van der Waals surface area (Å²) in [7, 11) is 4.85. The number of hydrogen-bond acceptors (Lipinski definition) is 8. The van der Waals surface area contributed by atoms with Gasteiger partial charge in [0.1, 0.15) is 11.6 Å². The number of carbonyl (C=O) groups excluding carboxylic acids is 1. The minimum absolute atomic E-state index is 0.0592. The average molecular weight is 496 g/mol. The second kappa shape index (κ2) is 11.8. The first-order valence-electron chi connectivity index (χ1n) is 11.9. The molecule has 1 N–H and O–H groups in total. The van der Waals surface area contributed by atoms with Crippen LogP contribution in [0.1, 0.15) is 30.2 Å². The van der Waals surface area contributed by atoms with E-state index in [1.165, 1.54) is 0 Å². The third-order valence-electron chi connectivity index (χ3n) is 6.21. The van der Waals surface area contributed by atoms with Crippen molar-refractivity contribution < 1.29 is 23.7 Å². The van der Waals surface area contributed by atoms with Crippen molar-refractivity contribution in [1.82, 2.24) is 25.0 Å². The largest absolute Gasteiger partial charge is 0.493 e. The van der Waals surface area contributed by atoms with Crippen LogP contribution < -0.4 is 24.3 Å². The lowest BCUT2D eigenvalue weighted by Crippen LogP contribution is -2.33. The molecule has 2 aromatic carbocycles. The van der Waals surface area contributed by atoms with Crippen LogP contribution in [-0.4, -0.2) is 66.6 Å². The Balaban J connectivity index is 1.38. The maximum Gasteiger partial charge on any atom is 0.258 e. The quantitative estimate of drug-likeness (QED) is 0.458. The summed E-state index contributed by atoms with van der Waals surface area (Å²) in [5, 5.41) is 11.8. The van der Waals surface area contributed by atoms with E-state index < -0.39 is 0 Å². The number of nitrogens with one attached hydrogen (secondary N) is 1. The summed E-state index contributed by atoms with van der Waals surface area (Å²) in [6.07, 6.45) is 0.750. The fraction of sp³-hybridized carbons (Fsp3) is 0.423. The predicted molar refractivity (Wildman–Crippen MR) is 134 cm³/mol.